The van der Waals surface area contributed by atoms with Gasteiger partial charge < -0.3 is 19.7 Å². The molecule has 0 fully saturated rings. The zero-order chi connectivity index (χ0) is 28.9. The number of ether oxygens (including phenoxy) is 2. The minimum Gasteiger partial charge on any atom is -0.454 e. The lowest BCUT2D eigenvalue weighted by Crippen LogP contribution is -2.42. The van der Waals surface area contributed by atoms with Gasteiger partial charge in [0.25, 0.3) is 5.91 Å². The zero-order valence-corrected chi connectivity index (χ0v) is 24.3. The van der Waals surface area contributed by atoms with Crippen LogP contribution in [0.25, 0.3) is 0 Å². The molecule has 3 aromatic carbocycles. The first-order valence-corrected chi connectivity index (χ1v) is 14.3. The molecule has 0 aliphatic carbocycles. The van der Waals surface area contributed by atoms with Crippen molar-refractivity contribution in [2.75, 3.05) is 17.9 Å². The van der Waals surface area contributed by atoms with Gasteiger partial charge in [-0.25, -0.2) is 9.97 Å². The number of fused-ring (bicyclic) bond motifs is 1. The highest BCUT2D eigenvalue weighted by Gasteiger charge is 2.32. The van der Waals surface area contributed by atoms with Crippen LogP contribution >= 0.6 is 11.8 Å². The smallest absolute Gasteiger partial charge is 0.251 e. The van der Waals surface area contributed by atoms with Gasteiger partial charge in [0.1, 0.15) is 6.04 Å². The average Bonchev–Trinajstić information content (AvgIpc) is 3.41. The van der Waals surface area contributed by atoms with Gasteiger partial charge in [-0.2, -0.15) is 0 Å². The number of nitrogens with zero attached hydrogens (tertiary/aromatic N) is 3. The highest BCUT2D eigenvalue weighted by Crippen LogP contribution is 2.35. The summed E-state index contributed by atoms with van der Waals surface area (Å²) >= 11 is 1.27. The van der Waals surface area contributed by atoms with Crippen LogP contribution in [0.1, 0.15) is 39.7 Å². The van der Waals surface area contributed by atoms with Crippen LogP contribution in [0.5, 0.6) is 11.5 Å². The maximum Gasteiger partial charge on any atom is 0.251 e. The monoisotopic (exact) mass is 568 g/mol. The van der Waals surface area contributed by atoms with Crippen molar-refractivity contribution in [2.24, 2.45) is 0 Å². The number of rotatable bonds is 9. The Balaban J connectivity index is 1.49. The van der Waals surface area contributed by atoms with Crippen molar-refractivity contribution >= 4 is 29.3 Å². The molecule has 0 radical (unpaired) electrons. The van der Waals surface area contributed by atoms with E-state index in [1.54, 1.807) is 23.1 Å². The fourth-order valence-electron chi connectivity index (χ4n) is 4.67. The van der Waals surface area contributed by atoms with E-state index >= 15 is 0 Å². The summed E-state index contributed by atoms with van der Waals surface area (Å²) in [5.74, 6) is 0.733. The van der Waals surface area contributed by atoms with Gasteiger partial charge in [0.05, 0.1) is 5.75 Å². The van der Waals surface area contributed by atoms with Gasteiger partial charge in [-0.1, -0.05) is 65.9 Å². The fraction of sp³-hybridized carbons (Fsp3) is 0.250. The van der Waals surface area contributed by atoms with Crippen molar-refractivity contribution < 1.29 is 19.1 Å². The number of carbonyl (C=O) groups is 2. The van der Waals surface area contributed by atoms with Crippen LogP contribution < -0.4 is 14.8 Å². The second kappa shape index (κ2) is 12.4. The highest BCUT2D eigenvalue weighted by molar-refractivity contribution is 7.99. The van der Waals surface area contributed by atoms with Gasteiger partial charge in [-0.3, -0.25) is 9.59 Å². The molecule has 0 bridgehead atoms. The lowest BCUT2D eigenvalue weighted by atomic mass is 10.0. The number of hydrogen-bond donors (Lipinski definition) is 1. The molecular weight excluding hydrogens is 536 g/mol. The third-order valence-electron chi connectivity index (χ3n) is 6.80. The predicted molar refractivity (Wildman–Crippen MR) is 159 cm³/mol. The van der Waals surface area contributed by atoms with E-state index in [9.17, 15) is 9.59 Å². The summed E-state index contributed by atoms with van der Waals surface area (Å²) in [7, 11) is 0. The third-order valence-corrected chi connectivity index (χ3v) is 7.63. The molecule has 9 heteroatoms. The van der Waals surface area contributed by atoms with Crippen LogP contribution in [-0.2, 0) is 16.1 Å². The van der Waals surface area contributed by atoms with Crippen molar-refractivity contribution in [3.8, 4) is 11.5 Å². The number of aryl methyl sites for hydroxylation is 4. The molecule has 1 N–H and O–H groups in total. The van der Waals surface area contributed by atoms with Gasteiger partial charge >= 0.3 is 0 Å². The Morgan fingerprint density at radius 2 is 1.61 bits per heavy atom. The van der Waals surface area contributed by atoms with Crippen molar-refractivity contribution in [1.82, 2.24) is 14.9 Å². The second-order valence-electron chi connectivity index (χ2n) is 10.0. The van der Waals surface area contributed by atoms with Gasteiger partial charge in [-0.05, 0) is 62.6 Å². The number of amides is 2. The lowest BCUT2D eigenvalue weighted by Gasteiger charge is -2.32. The first-order valence-electron chi connectivity index (χ1n) is 13.3. The Morgan fingerprint density at radius 3 is 2.34 bits per heavy atom. The quantitative estimate of drug-likeness (QED) is 0.197. The highest BCUT2D eigenvalue weighted by atomic mass is 32.2. The molecule has 41 heavy (non-hydrogen) atoms. The molecule has 0 spiro atoms. The molecule has 1 aromatic heterocycles. The first-order chi connectivity index (χ1) is 19.8. The standard InChI is InChI=1S/C32H32N4O4S/c1-20-9-11-24(12-10-20)30(31(38)35-26-13-14-27-28(16-26)40-19-39-27)36(17-25-8-6-5-7-21(25)2)29(37)18-41-32-33-22(3)15-23(4)34-32/h5-16,30H,17-19H2,1-4H3,(H,35,38)/t30-/m1/s1. The van der Waals surface area contributed by atoms with E-state index in [0.717, 1.165) is 28.1 Å². The summed E-state index contributed by atoms with van der Waals surface area (Å²) in [5.41, 5.74) is 6.00. The number of carbonyl (C=O) groups excluding carboxylic acids is 2. The summed E-state index contributed by atoms with van der Waals surface area (Å²) in [4.78, 5) is 38.7. The van der Waals surface area contributed by atoms with Crippen molar-refractivity contribution in [3.63, 3.8) is 0 Å². The average molecular weight is 569 g/mol. The van der Waals surface area contributed by atoms with E-state index in [-0.39, 0.29) is 30.9 Å². The van der Waals surface area contributed by atoms with E-state index in [1.807, 2.05) is 82.3 Å². The van der Waals surface area contributed by atoms with Gasteiger partial charge in [-0.15, -0.1) is 0 Å². The van der Waals surface area contributed by atoms with Gasteiger partial charge in [0.2, 0.25) is 12.7 Å². The van der Waals surface area contributed by atoms with Crippen LogP contribution in [0, 0.1) is 27.7 Å². The van der Waals surface area contributed by atoms with Crippen molar-refractivity contribution in [2.45, 2.75) is 45.4 Å². The number of hydrogen-bond acceptors (Lipinski definition) is 7. The molecule has 4 aromatic rings. The second-order valence-corrected chi connectivity index (χ2v) is 11.0. The molecule has 2 amide bonds. The summed E-state index contributed by atoms with van der Waals surface area (Å²) in [6, 6.07) is 21.8. The van der Waals surface area contributed by atoms with Crippen molar-refractivity contribution in [1.29, 1.82) is 0 Å². The maximum absolute atomic E-state index is 14.1. The van der Waals surface area contributed by atoms with Crippen LogP contribution in [-0.4, -0.2) is 39.2 Å². The molecule has 0 saturated heterocycles. The normalized spacial score (nSPS) is 12.6. The summed E-state index contributed by atoms with van der Waals surface area (Å²) in [6.07, 6.45) is 0. The van der Waals surface area contributed by atoms with Crippen LogP contribution in [0.4, 0.5) is 5.69 Å². The number of anilines is 1. The van der Waals surface area contributed by atoms with Gasteiger partial charge in [0, 0.05) is 29.7 Å². The predicted octanol–water partition coefficient (Wildman–Crippen LogP) is 5.94. The number of benzene rings is 3. The zero-order valence-electron chi connectivity index (χ0n) is 23.5. The fourth-order valence-corrected chi connectivity index (χ4v) is 5.50. The number of thioether (sulfide) groups is 1. The molecular formula is C32H32N4O4S. The molecule has 0 unspecified atom stereocenters. The SMILES string of the molecule is Cc1ccc([C@H](C(=O)Nc2ccc3c(c2)OCO3)N(Cc2ccccc2C)C(=O)CSc2nc(C)cc(C)n2)cc1. The lowest BCUT2D eigenvalue weighted by molar-refractivity contribution is -0.137. The third kappa shape index (κ3) is 6.86. The Bertz CT molecular complexity index is 1550. The van der Waals surface area contributed by atoms with E-state index in [4.69, 9.17) is 9.47 Å². The maximum atomic E-state index is 14.1. The summed E-state index contributed by atoms with van der Waals surface area (Å²) < 4.78 is 10.9. The van der Waals surface area contributed by atoms with Crippen LogP contribution in [0.2, 0.25) is 0 Å². The molecule has 0 saturated carbocycles. The molecule has 1 aliphatic heterocycles. The minimum atomic E-state index is -0.895. The van der Waals surface area contributed by atoms with Gasteiger partial charge in [0.15, 0.2) is 16.7 Å². The van der Waals surface area contributed by atoms with E-state index in [2.05, 4.69) is 15.3 Å². The van der Waals surface area contributed by atoms with Crippen LogP contribution in [0.3, 0.4) is 0 Å². The summed E-state index contributed by atoms with van der Waals surface area (Å²) in [5, 5.41) is 3.54. The molecule has 5 rings (SSSR count). The number of aromatic nitrogens is 2. The minimum absolute atomic E-state index is 0.0778. The van der Waals surface area contributed by atoms with Crippen molar-refractivity contribution in [3.05, 3.63) is 106 Å². The largest absolute Gasteiger partial charge is 0.454 e. The van der Waals surface area contributed by atoms with Crippen LogP contribution in [0.15, 0.2) is 78.0 Å². The number of nitrogens with one attached hydrogen (secondary N) is 1. The van der Waals surface area contributed by atoms with E-state index < -0.39 is 6.04 Å². The summed E-state index contributed by atoms with van der Waals surface area (Å²) in [6.45, 7) is 8.19. The molecule has 1 aliphatic rings. The van der Waals surface area contributed by atoms with E-state index in [0.29, 0.717) is 27.9 Å². The Hall–Kier alpha value is -4.37. The molecule has 8 nitrogen and oxygen atoms in total. The molecule has 2 heterocycles. The topological polar surface area (TPSA) is 93.7 Å². The Morgan fingerprint density at radius 1 is 0.902 bits per heavy atom. The van der Waals surface area contributed by atoms with E-state index in [1.165, 1.54) is 11.8 Å². The molecule has 1 atom stereocenters. The first kappa shape index (κ1) is 28.2. The molecule has 210 valence electrons. The Kier molecular flexibility index (Phi) is 8.54. The Labute approximate surface area is 244 Å².